The molecule has 1 aliphatic heterocycles. The van der Waals surface area contributed by atoms with E-state index < -0.39 is 0 Å². The summed E-state index contributed by atoms with van der Waals surface area (Å²) in [5, 5.41) is 4.40. The van der Waals surface area contributed by atoms with Crippen molar-refractivity contribution in [3.8, 4) is 5.75 Å². The van der Waals surface area contributed by atoms with Crippen molar-refractivity contribution in [3.63, 3.8) is 0 Å². The first kappa shape index (κ1) is 14.3. The Morgan fingerprint density at radius 2 is 2.00 bits per heavy atom. The number of hydrogen-bond donors (Lipinski definition) is 1. The monoisotopic (exact) mass is 291 g/mol. The normalized spacial score (nSPS) is 24.4. The lowest BCUT2D eigenvalue weighted by Gasteiger charge is -2.30. The molecule has 0 spiro atoms. The molecule has 2 fully saturated rings. The lowest BCUT2D eigenvalue weighted by molar-refractivity contribution is 0.303. The first-order valence-corrected chi connectivity index (χ1v) is 9.03. The largest absolute Gasteiger partial charge is 0.490 e. The van der Waals surface area contributed by atoms with Crippen LogP contribution in [0.25, 0.3) is 0 Å². The van der Waals surface area contributed by atoms with Crippen LogP contribution in [0.1, 0.15) is 50.6 Å². The Hall–Kier alpha value is -0.670. The van der Waals surface area contributed by atoms with Crippen molar-refractivity contribution in [2.45, 2.75) is 56.4 Å². The number of rotatable bonds is 6. The van der Waals surface area contributed by atoms with Gasteiger partial charge in [0, 0.05) is 11.3 Å². The van der Waals surface area contributed by atoms with Gasteiger partial charge in [-0.2, -0.15) is 11.8 Å². The Kier molecular flexibility index (Phi) is 4.90. The number of hydrogen-bond acceptors (Lipinski definition) is 3. The van der Waals surface area contributed by atoms with E-state index in [2.05, 4.69) is 48.3 Å². The topological polar surface area (TPSA) is 21.3 Å². The van der Waals surface area contributed by atoms with E-state index in [1.807, 2.05) is 0 Å². The summed E-state index contributed by atoms with van der Waals surface area (Å²) in [5.74, 6) is 2.35. The van der Waals surface area contributed by atoms with E-state index in [0.29, 0.717) is 12.1 Å². The molecule has 2 unspecified atom stereocenters. The highest BCUT2D eigenvalue weighted by molar-refractivity contribution is 8.00. The van der Waals surface area contributed by atoms with Gasteiger partial charge in [0.05, 0.1) is 6.10 Å². The second kappa shape index (κ2) is 6.86. The fourth-order valence-electron chi connectivity index (χ4n) is 2.84. The molecule has 0 amide bonds. The zero-order valence-corrected chi connectivity index (χ0v) is 13.1. The number of ether oxygens (including phenoxy) is 1. The van der Waals surface area contributed by atoms with E-state index in [4.69, 9.17) is 4.74 Å². The summed E-state index contributed by atoms with van der Waals surface area (Å²) in [6.45, 7) is 3.23. The minimum atomic E-state index is 0.485. The van der Waals surface area contributed by atoms with Crippen molar-refractivity contribution < 1.29 is 4.74 Å². The summed E-state index contributed by atoms with van der Waals surface area (Å²) >= 11 is 2.14. The minimum absolute atomic E-state index is 0.485. The summed E-state index contributed by atoms with van der Waals surface area (Å²) in [6, 6.07) is 9.28. The van der Waals surface area contributed by atoms with E-state index in [0.717, 1.165) is 17.5 Å². The van der Waals surface area contributed by atoms with Gasteiger partial charge in [-0.05, 0) is 55.7 Å². The molecule has 0 aromatic heterocycles. The molecule has 1 N–H and O–H groups in total. The van der Waals surface area contributed by atoms with Crippen molar-refractivity contribution in [3.05, 3.63) is 29.8 Å². The second-order valence-corrected chi connectivity index (χ2v) is 7.17. The van der Waals surface area contributed by atoms with Gasteiger partial charge in [-0.15, -0.1) is 0 Å². The van der Waals surface area contributed by atoms with Crippen LogP contribution < -0.4 is 10.1 Å². The summed E-state index contributed by atoms with van der Waals surface area (Å²) in [6.07, 6.45) is 7.03. The van der Waals surface area contributed by atoms with Gasteiger partial charge >= 0.3 is 0 Å². The summed E-state index contributed by atoms with van der Waals surface area (Å²) in [5.41, 5.74) is 1.41. The third kappa shape index (κ3) is 3.70. The quantitative estimate of drug-likeness (QED) is 0.850. The fourth-order valence-corrected chi connectivity index (χ4v) is 4.30. The third-order valence-electron chi connectivity index (χ3n) is 4.08. The van der Waals surface area contributed by atoms with Crippen LogP contribution in [0.5, 0.6) is 5.75 Å². The molecule has 110 valence electrons. The molecule has 3 heteroatoms. The van der Waals surface area contributed by atoms with Crippen LogP contribution >= 0.6 is 11.8 Å². The van der Waals surface area contributed by atoms with Crippen molar-refractivity contribution >= 4 is 11.8 Å². The van der Waals surface area contributed by atoms with Crippen molar-refractivity contribution in [2.24, 2.45) is 0 Å². The Labute approximate surface area is 126 Å². The first-order valence-electron chi connectivity index (χ1n) is 7.98. The molecular weight excluding hydrogens is 266 g/mol. The van der Waals surface area contributed by atoms with E-state index in [9.17, 15) is 0 Å². The van der Waals surface area contributed by atoms with Gasteiger partial charge in [0.2, 0.25) is 0 Å². The van der Waals surface area contributed by atoms with Gasteiger partial charge in [0.15, 0.2) is 0 Å². The molecule has 1 heterocycles. The molecule has 2 nitrogen and oxygen atoms in total. The molecular formula is C17H25NOS. The Morgan fingerprint density at radius 1 is 1.20 bits per heavy atom. The predicted octanol–water partition coefficient (Wildman–Crippen LogP) is 4.16. The van der Waals surface area contributed by atoms with Crippen LogP contribution in [-0.4, -0.2) is 23.7 Å². The molecule has 20 heavy (non-hydrogen) atoms. The highest BCUT2D eigenvalue weighted by Gasteiger charge is 2.26. The standard InChI is InChI=1S/C17H25NOS/c1-2-18-17(16-5-3-4-12-20-16)13-6-8-14(9-7-13)19-15-10-11-15/h6-9,15-18H,2-5,10-12H2,1H3. The number of thioether (sulfide) groups is 1. The van der Waals surface area contributed by atoms with Crippen LogP contribution in [0.15, 0.2) is 24.3 Å². The summed E-state index contributed by atoms with van der Waals surface area (Å²) < 4.78 is 5.84. The highest BCUT2D eigenvalue weighted by Crippen LogP contribution is 2.35. The van der Waals surface area contributed by atoms with E-state index in [1.54, 1.807) is 0 Å². The smallest absolute Gasteiger partial charge is 0.119 e. The molecule has 1 aromatic rings. The van der Waals surface area contributed by atoms with Crippen molar-refractivity contribution in [1.29, 1.82) is 0 Å². The molecule has 2 atom stereocenters. The maximum Gasteiger partial charge on any atom is 0.119 e. The van der Waals surface area contributed by atoms with Gasteiger partial charge in [-0.3, -0.25) is 0 Å². The van der Waals surface area contributed by atoms with Gasteiger partial charge in [0.25, 0.3) is 0 Å². The maximum atomic E-state index is 5.84. The molecule has 1 aliphatic carbocycles. The number of benzene rings is 1. The van der Waals surface area contributed by atoms with Crippen LogP contribution in [0.4, 0.5) is 0 Å². The van der Waals surface area contributed by atoms with Gasteiger partial charge in [0.1, 0.15) is 5.75 Å². The number of nitrogens with one attached hydrogen (secondary N) is 1. The average Bonchev–Trinajstić information content (AvgIpc) is 3.31. The third-order valence-corrected chi connectivity index (χ3v) is 5.54. The lowest BCUT2D eigenvalue weighted by atomic mass is 9.99. The van der Waals surface area contributed by atoms with Crippen LogP contribution in [-0.2, 0) is 0 Å². The van der Waals surface area contributed by atoms with Crippen LogP contribution in [0, 0.1) is 0 Å². The Bertz CT molecular complexity index is 410. The van der Waals surface area contributed by atoms with E-state index in [-0.39, 0.29) is 0 Å². The Balaban J connectivity index is 1.68. The summed E-state index contributed by atoms with van der Waals surface area (Å²) in [4.78, 5) is 0. The molecule has 1 saturated carbocycles. The molecule has 2 aliphatic rings. The minimum Gasteiger partial charge on any atom is -0.490 e. The molecule has 3 rings (SSSR count). The van der Waals surface area contributed by atoms with Gasteiger partial charge in [-0.25, -0.2) is 0 Å². The second-order valence-electron chi connectivity index (χ2n) is 5.83. The lowest BCUT2D eigenvalue weighted by Crippen LogP contribution is -2.31. The summed E-state index contributed by atoms with van der Waals surface area (Å²) in [7, 11) is 0. The molecule has 0 radical (unpaired) electrons. The molecule has 1 saturated heterocycles. The predicted molar refractivity (Wildman–Crippen MR) is 86.6 cm³/mol. The SMILES string of the molecule is CCNC(c1ccc(OC2CC2)cc1)C1CCCCS1. The zero-order chi connectivity index (χ0) is 13.8. The van der Waals surface area contributed by atoms with Crippen molar-refractivity contribution in [2.75, 3.05) is 12.3 Å². The van der Waals surface area contributed by atoms with Crippen LogP contribution in [0.3, 0.4) is 0 Å². The molecule has 1 aromatic carbocycles. The Morgan fingerprint density at radius 3 is 2.60 bits per heavy atom. The van der Waals surface area contributed by atoms with E-state index in [1.165, 1.54) is 43.4 Å². The van der Waals surface area contributed by atoms with Gasteiger partial charge < -0.3 is 10.1 Å². The zero-order valence-electron chi connectivity index (χ0n) is 12.3. The van der Waals surface area contributed by atoms with E-state index >= 15 is 0 Å². The average molecular weight is 291 g/mol. The highest BCUT2D eigenvalue weighted by atomic mass is 32.2. The van der Waals surface area contributed by atoms with Crippen molar-refractivity contribution in [1.82, 2.24) is 5.32 Å². The van der Waals surface area contributed by atoms with Crippen LogP contribution in [0.2, 0.25) is 0 Å². The fraction of sp³-hybridized carbons (Fsp3) is 0.647. The van der Waals surface area contributed by atoms with Gasteiger partial charge in [-0.1, -0.05) is 25.5 Å². The maximum absolute atomic E-state index is 5.84. The molecule has 0 bridgehead atoms. The first-order chi connectivity index (χ1) is 9.86.